The first-order chi connectivity index (χ1) is 13.3. The molecule has 1 aliphatic heterocycles. The van der Waals surface area contributed by atoms with Crippen LogP contribution >= 0.6 is 0 Å². The molecule has 2 fully saturated rings. The minimum absolute atomic E-state index is 0.499. The lowest BCUT2D eigenvalue weighted by molar-refractivity contribution is 0.186. The van der Waals surface area contributed by atoms with E-state index in [4.69, 9.17) is 4.42 Å². The van der Waals surface area contributed by atoms with Crippen molar-refractivity contribution in [3.8, 4) is 0 Å². The predicted octanol–water partition coefficient (Wildman–Crippen LogP) is 3.14. The number of likely N-dealkylation sites (tertiary alicyclic amines) is 1. The van der Waals surface area contributed by atoms with Crippen LogP contribution in [0.15, 0.2) is 35.0 Å². The van der Waals surface area contributed by atoms with Gasteiger partial charge in [-0.2, -0.15) is 5.10 Å². The van der Waals surface area contributed by atoms with E-state index in [1.54, 1.807) is 0 Å². The molecule has 1 saturated carbocycles. The van der Waals surface area contributed by atoms with Gasteiger partial charge in [-0.15, -0.1) is 10.2 Å². The van der Waals surface area contributed by atoms with E-state index in [0.717, 1.165) is 49.8 Å². The highest BCUT2D eigenvalue weighted by molar-refractivity contribution is 5.10. The predicted molar refractivity (Wildman–Crippen MR) is 100 cm³/mol. The van der Waals surface area contributed by atoms with Crippen molar-refractivity contribution >= 4 is 0 Å². The van der Waals surface area contributed by atoms with Crippen molar-refractivity contribution in [3.05, 3.63) is 53.8 Å². The second-order valence-corrected chi connectivity index (χ2v) is 7.84. The van der Waals surface area contributed by atoms with E-state index < -0.39 is 0 Å². The zero-order valence-electron chi connectivity index (χ0n) is 15.8. The quantitative estimate of drug-likeness (QED) is 0.671. The Kier molecular flexibility index (Phi) is 4.32. The average molecular weight is 366 g/mol. The van der Waals surface area contributed by atoms with E-state index >= 15 is 0 Å². The number of piperidine rings is 1. The second-order valence-electron chi connectivity index (χ2n) is 7.84. The molecule has 27 heavy (non-hydrogen) atoms. The summed E-state index contributed by atoms with van der Waals surface area (Å²) < 4.78 is 10.1. The van der Waals surface area contributed by atoms with Crippen LogP contribution in [0.25, 0.3) is 0 Å². The monoisotopic (exact) mass is 366 g/mol. The zero-order valence-corrected chi connectivity index (χ0v) is 15.8. The SMILES string of the molecule is Cc1ccc(CN2CCC(c3nnc(Cn4cccn4)n3C3CC3)CC2)o1. The molecule has 3 aromatic heterocycles. The van der Waals surface area contributed by atoms with Crippen LogP contribution in [0, 0.1) is 6.92 Å². The van der Waals surface area contributed by atoms with Crippen molar-refractivity contribution in [2.24, 2.45) is 0 Å². The van der Waals surface area contributed by atoms with Crippen molar-refractivity contribution in [3.63, 3.8) is 0 Å². The van der Waals surface area contributed by atoms with E-state index in [-0.39, 0.29) is 0 Å². The van der Waals surface area contributed by atoms with Gasteiger partial charge in [0.05, 0.1) is 6.54 Å². The van der Waals surface area contributed by atoms with E-state index in [1.165, 1.54) is 18.7 Å². The third-order valence-corrected chi connectivity index (χ3v) is 5.70. The van der Waals surface area contributed by atoms with Gasteiger partial charge in [0.1, 0.15) is 23.9 Å². The molecule has 3 aromatic rings. The Morgan fingerprint density at radius 1 is 1.07 bits per heavy atom. The summed E-state index contributed by atoms with van der Waals surface area (Å²) in [5.41, 5.74) is 0. The van der Waals surface area contributed by atoms with Crippen LogP contribution in [0.3, 0.4) is 0 Å². The molecule has 7 heteroatoms. The first-order valence-corrected chi connectivity index (χ1v) is 9.95. The molecule has 0 radical (unpaired) electrons. The van der Waals surface area contributed by atoms with Crippen molar-refractivity contribution in [1.82, 2.24) is 29.4 Å². The molecule has 7 nitrogen and oxygen atoms in total. The summed E-state index contributed by atoms with van der Waals surface area (Å²) in [5, 5.41) is 13.5. The molecule has 0 bridgehead atoms. The molecule has 142 valence electrons. The van der Waals surface area contributed by atoms with Gasteiger partial charge in [-0.1, -0.05) is 0 Å². The van der Waals surface area contributed by atoms with Gasteiger partial charge in [-0.25, -0.2) is 0 Å². The van der Waals surface area contributed by atoms with Crippen molar-refractivity contribution in [2.45, 2.75) is 57.7 Å². The fourth-order valence-corrected chi connectivity index (χ4v) is 4.13. The molecule has 0 N–H and O–H groups in total. The first-order valence-electron chi connectivity index (χ1n) is 9.95. The smallest absolute Gasteiger partial charge is 0.155 e. The average Bonchev–Trinajstić information content (AvgIpc) is 3.05. The topological polar surface area (TPSA) is 64.9 Å². The van der Waals surface area contributed by atoms with Gasteiger partial charge in [0, 0.05) is 24.4 Å². The number of furan rings is 1. The molecule has 2 aliphatic rings. The van der Waals surface area contributed by atoms with Gasteiger partial charge in [0.2, 0.25) is 0 Å². The van der Waals surface area contributed by atoms with Gasteiger partial charge >= 0.3 is 0 Å². The van der Waals surface area contributed by atoms with Crippen LogP contribution in [0.5, 0.6) is 0 Å². The highest BCUT2D eigenvalue weighted by atomic mass is 16.3. The highest BCUT2D eigenvalue weighted by Gasteiger charge is 2.33. The molecular formula is C20H26N6O. The third kappa shape index (κ3) is 3.56. The molecule has 0 unspecified atom stereocenters. The molecule has 1 saturated heterocycles. The van der Waals surface area contributed by atoms with Crippen LogP contribution < -0.4 is 0 Å². The molecule has 0 amide bonds. The summed E-state index contributed by atoms with van der Waals surface area (Å²) >= 11 is 0. The Labute approximate surface area is 159 Å². The van der Waals surface area contributed by atoms with Crippen molar-refractivity contribution in [2.75, 3.05) is 13.1 Å². The van der Waals surface area contributed by atoms with E-state index in [9.17, 15) is 0 Å². The number of hydrogen-bond acceptors (Lipinski definition) is 5. The Bertz CT molecular complexity index is 884. The maximum absolute atomic E-state index is 5.73. The highest BCUT2D eigenvalue weighted by Crippen LogP contribution is 2.40. The number of hydrogen-bond donors (Lipinski definition) is 0. The van der Waals surface area contributed by atoms with Crippen LogP contribution in [-0.2, 0) is 13.1 Å². The molecule has 0 aromatic carbocycles. The number of aromatic nitrogens is 5. The van der Waals surface area contributed by atoms with E-state index in [2.05, 4.69) is 30.8 Å². The van der Waals surface area contributed by atoms with Crippen molar-refractivity contribution in [1.29, 1.82) is 0 Å². The summed E-state index contributed by atoms with van der Waals surface area (Å²) in [7, 11) is 0. The van der Waals surface area contributed by atoms with Crippen LogP contribution in [-0.4, -0.2) is 42.5 Å². The number of aryl methyl sites for hydroxylation is 1. The summed E-state index contributed by atoms with van der Waals surface area (Å²) in [6, 6.07) is 6.67. The Balaban J connectivity index is 1.27. The lowest BCUT2D eigenvalue weighted by atomic mass is 9.95. The Morgan fingerprint density at radius 2 is 1.93 bits per heavy atom. The number of rotatable bonds is 6. The van der Waals surface area contributed by atoms with Gasteiger partial charge < -0.3 is 8.98 Å². The van der Waals surface area contributed by atoms with Gasteiger partial charge in [0.25, 0.3) is 0 Å². The number of nitrogens with zero attached hydrogens (tertiary/aromatic N) is 6. The minimum Gasteiger partial charge on any atom is -0.465 e. The van der Waals surface area contributed by atoms with Gasteiger partial charge in [-0.05, 0) is 63.9 Å². The van der Waals surface area contributed by atoms with Crippen LogP contribution in [0.2, 0.25) is 0 Å². The maximum atomic E-state index is 5.73. The molecule has 0 atom stereocenters. The third-order valence-electron chi connectivity index (χ3n) is 5.70. The summed E-state index contributed by atoms with van der Waals surface area (Å²) in [6.07, 6.45) is 8.55. The molecule has 5 rings (SSSR count). The lowest BCUT2D eigenvalue weighted by Crippen LogP contribution is -2.33. The largest absolute Gasteiger partial charge is 0.465 e. The van der Waals surface area contributed by atoms with Crippen LogP contribution in [0.1, 0.15) is 60.8 Å². The fraction of sp³-hybridized carbons (Fsp3) is 0.550. The van der Waals surface area contributed by atoms with Crippen molar-refractivity contribution < 1.29 is 4.42 Å². The zero-order chi connectivity index (χ0) is 18.2. The molecule has 0 spiro atoms. The summed E-state index contributed by atoms with van der Waals surface area (Å²) in [5.74, 6) is 4.78. The molecule has 1 aliphatic carbocycles. The van der Waals surface area contributed by atoms with Gasteiger partial charge in [-0.3, -0.25) is 9.58 Å². The molecule has 4 heterocycles. The fourth-order valence-electron chi connectivity index (χ4n) is 4.13. The second kappa shape index (κ2) is 6.96. The van der Waals surface area contributed by atoms with E-state index in [1.807, 2.05) is 36.1 Å². The standard InChI is InChI=1S/C20H26N6O/c1-15-3-6-18(27-15)13-24-11-7-16(8-12-24)20-23-22-19(26(20)17-4-5-17)14-25-10-2-9-21-25/h2-3,6,9-10,16-17H,4-5,7-8,11-14H2,1H3. The summed E-state index contributed by atoms with van der Waals surface area (Å²) in [4.78, 5) is 2.48. The lowest BCUT2D eigenvalue weighted by Gasteiger charge is -2.31. The normalized spacial score (nSPS) is 19.0. The van der Waals surface area contributed by atoms with E-state index in [0.29, 0.717) is 18.5 Å². The van der Waals surface area contributed by atoms with Gasteiger partial charge in [0.15, 0.2) is 5.82 Å². The Hall–Kier alpha value is -2.41. The maximum Gasteiger partial charge on any atom is 0.155 e. The Morgan fingerprint density at radius 3 is 2.59 bits per heavy atom. The summed E-state index contributed by atoms with van der Waals surface area (Å²) in [6.45, 7) is 5.77. The molecular weight excluding hydrogens is 340 g/mol. The minimum atomic E-state index is 0.499. The van der Waals surface area contributed by atoms with Crippen LogP contribution in [0.4, 0.5) is 0 Å². The first kappa shape index (κ1) is 16.7.